The van der Waals surface area contributed by atoms with E-state index in [9.17, 15) is 5.11 Å². The molecule has 0 fully saturated rings. The van der Waals surface area contributed by atoms with E-state index in [1.165, 1.54) is 30.4 Å². The van der Waals surface area contributed by atoms with Crippen LogP contribution in [0.3, 0.4) is 0 Å². The normalized spacial score (nSPS) is 23.5. The Morgan fingerprint density at radius 2 is 2.13 bits per heavy atom. The maximum absolute atomic E-state index is 9.54. The van der Waals surface area contributed by atoms with Gasteiger partial charge in [0.2, 0.25) is 0 Å². The molecule has 0 saturated carbocycles. The highest BCUT2D eigenvalue weighted by atomic mass is 16.3. The second kappa shape index (κ2) is 4.98. The molecule has 0 aliphatic heterocycles. The van der Waals surface area contributed by atoms with Crippen LogP contribution >= 0.6 is 0 Å². The number of aliphatic hydroxyl groups excluding tert-OH is 1. The van der Waals surface area contributed by atoms with Gasteiger partial charge in [0.25, 0.3) is 0 Å². The van der Waals surface area contributed by atoms with Gasteiger partial charge in [0, 0.05) is 0 Å². The van der Waals surface area contributed by atoms with Gasteiger partial charge >= 0.3 is 0 Å². The van der Waals surface area contributed by atoms with Crippen molar-refractivity contribution in [1.82, 2.24) is 0 Å². The molecule has 0 spiro atoms. The highest BCUT2D eigenvalue weighted by molar-refractivity contribution is 5.32. The minimum Gasteiger partial charge on any atom is -0.389 e. The smallest absolute Gasteiger partial charge is 0.0721 e. The molecule has 1 aliphatic rings. The molecule has 1 atom stereocenters. The number of hydrogen-bond donors (Lipinski definition) is 1. The quantitative estimate of drug-likeness (QED) is 0.747. The number of aliphatic hydroxyl groups is 1. The zero-order valence-electron chi connectivity index (χ0n) is 10.5. The third-order valence-electron chi connectivity index (χ3n) is 3.45. The molecule has 0 aromatic carbocycles. The van der Waals surface area contributed by atoms with Crippen LogP contribution in [0, 0.1) is 5.41 Å². The molecule has 0 radical (unpaired) electrons. The summed E-state index contributed by atoms with van der Waals surface area (Å²) in [6.45, 7) is 8.82. The lowest BCUT2D eigenvalue weighted by Gasteiger charge is -2.33. The van der Waals surface area contributed by atoms with Gasteiger partial charge in [-0.1, -0.05) is 38.5 Å². The maximum atomic E-state index is 9.54. The molecule has 1 unspecified atom stereocenters. The molecular weight excluding hydrogens is 184 g/mol. The van der Waals surface area contributed by atoms with Crippen molar-refractivity contribution < 1.29 is 5.11 Å². The Hall–Kier alpha value is -0.560. The highest BCUT2D eigenvalue weighted by Gasteiger charge is 2.26. The Labute approximate surface area is 93.9 Å². The van der Waals surface area contributed by atoms with Gasteiger partial charge in [-0.2, -0.15) is 0 Å². The van der Waals surface area contributed by atoms with E-state index in [1.807, 2.05) is 13.0 Å². The van der Waals surface area contributed by atoms with Gasteiger partial charge in [0.15, 0.2) is 0 Å². The lowest BCUT2D eigenvalue weighted by Crippen LogP contribution is -2.19. The van der Waals surface area contributed by atoms with Crippen LogP contribution in [0.15, 0.2) is 23.3 Å². The van der Waals surface area contributed by atoms with Crippen LogP contribution in [0.2, 0.25) is 0 Å². The second-order valence-corrected chi connectivity index (χ2v) is 5.27. The monoisotopic (exact) mass is 208 g/mol. The van der Waals surface area contributed by atoms with E-state index in [1.54, 1.807) is 0 Å². The largest absolute Gasteiger partial charge is 0.389 e. The van der Waals surface area contributed by atoms with Gasteiger partial charge in [-0.25, -0.2) is 0 Å². The fourth-order valence-corrected chi connectivity index (χ4v) is 2.35. The van der Waals surface area contributed by atoms with Crippen molar-refractivity contribution in [2.45, 2.75) is 59.5 Å². The van der Waals surface area contributed by atoms with E-state index in [2.05, 4.69) is 26.8 Å². The van der Waals surface area contributed by atoms with E-state index in [4.69, 9.17) is 0 Å². The summed E-state index contributed by atoms with van der Waals surface area (Å²) in [6, 6.07) is 0. The molecule has 0 bridgehead atoms. The van der Waals surface area contributed by atoms with Crippen LogP contribution in [-0.4, -0.2) is 11.2 Å². The zero-order chi connectivity index (χ0) is 11.5. The Bertz CT molecular complexity index is 271. The molecule has 0 saturated heterocycles. The first-order valence-corrected chi connectivity index (χ1v) is 6.04. The van der Waals surface area contributed by atoms with Crippen LogP contribution in [0.1, 0.15) is 53.4 Å². The Balaban J connectivity index is 2.85. The predicted molar refractivity (Wildman–Crippen MR) is 65.8 cm³/mol. The maximum Gasteiger partial charge on any atom is 0.0721 e. The van der Waals surface area contributed by atoms with E-state index in [0.29, 0.717) is 0 Å². The molecule has 15 heavy (non-hydrogen) atoms. The summed E-state index contributed by atoms with van der Waals surface area (Å²) < 4.78 is 0. The first-order valence-electron chi connectivity index (χ1n) is 6.04. The molecule has 0 aromatic rings. The van der Waals surface area contributed by atoms with Crippen LogP contribution < -0.4 is 0 Å². The SMILES string of the molecule is CCC(O)C=CC1=C(C)CCCC1(C)C. The summed E-state index contributed by atoms with van der Waals surface area (Å²) in [4.78, 5) is 0. The molecule has 0 amide bonds. The first-order chi connectivity index (χ1) is 6.97. The molecule has 1 rings (SSSR count). The van der Waals surface area contributed by atoms with Crippen molar-refractivity contribution >= 4 is 0 Å². The molecule has 1 heteroatoms. The third kappa shape index (κ3) is 3.20. The van der Waals surface area contributed by atoms with E-state index in [0.717, 1.165) is 6.42 Å². The Kier molecular flexibility index (Phi) is 4.15. The lowest BCUT2D eigenvalue weighted by molar-refractivity contribution is 0.218. The van der Waals surface area contributed by atoms with Crippen molar-refractivity contribution in [3.05, 3.63) is 23.3 Å². The van der Waals surface area contributed by atoms with Gasteiger partial charge in [-0.15, -0.1) is 0 Å². The fraction of sp³-hybridized carbons (Fsp3) is 0.714. The van der Waals surface area contributed by atoms with E-state index < -0.39 is 0 Å². The second-order valence-electron chi connectivity index (χ2n) is 5.27. The molecule has 1 N–H and O–H groups in total. The minimum atomic E-state index is -0.289. The minimum absolute atomic E-state index is 0.284. The summed E-state index contributed by atoms with van der Waals surface area (Å²) in [7, 11) is 0. The molecule has 1 aliphatic carbocycles. The van der Waals surface area contributed by atoms with Gasteiger partial charge in [-0.05, 0) is 43.6 Å². The van der Waals surface area contributed by atoms with Crippen LogP contribution in [0.4, 0.5) is 0 Å². The lowest BCUT2D eigenvalue weighted by atomic mass is 9.72. The number of allylic oxidation sites excluding steroid dienone is 3. The summed E-state index contributed by atoms with van der Waals surface area (Å²) in [5.74, 6) is 0. The van der Waals surface area contributed by atoms with Crippen LogP contribution in [0.5, 0.6) is 0 Å². The Morgan fingerprint density at radius 3 is 2.67 bits per heavy atom. The first kappa shape index (κ1) is 12.5. The molecule has 1 nitrogen and oxygen atoms in total. The van der Waals surface area contributed by atoms with Gasteiger partial charge in [0.05, 0.1) is 6.10 Å². The van der Waals surface area contributed by atoms with E-state index >= 15 is 0 Å². The standard InChI is InChI=1S/C14H24O/c1-5-12(15)8-9-13-11(2)7-6-10-14(13,3)4/h8-9,12,15H,5-7,10H2,1-4H3. The molecule has 0 aromatic heterocycles. The Morgan fingerprint density at radius 1 is 1.47 bits per heavy atom. The average molecular weight is 208 g/mol. The summed E-state index contributed by atoms with van der Waals surface area (Å²) in [6.07, 6.45) is 8.35. The molecule has 0 heterocycles. The summed E-state index contributed by atoms with van der Waals surface area (Å²) >= 11 is 0. The number of hydrogen-bond acceptors (Lipinski definition) is 1. The van der Waals surface area contributed by atoms with Gasteiger partial charge in [0.1, 0.15) is 0 Å². The average Bonchev–Trinajstić information content (AvgIpc) is 2.15. The fourth-order valence-electron chi connectivity index (χ4n) is 2.35. The van der Waals surface area contributed by atoms with Crippen molar-refractivity contribution in [3.8, 4) is 0 Å². The van der Waals surface area contributed by atoms with Gasteiger partial charge < -0.3 is 5.11 Å². The van der Waals surface area contributed by atoms with Crippen molar-refractivity contribution in [1.29, 1.82) is 0 Å². The topological polar surface area (TPSA) is 20.2 Å². The van der Waals surface area contributed by atoms with E-state index in [-0.39, 0.29) is 11.5 Å². The molecular formula is C14H24O. The van der Waals surface area contributed by atoms with Crippen LogP contribution in [-0.2, 0) is 0 Å². The predicted octanol–water partition coefficient (Wildman–Crippen LogP) is 3.84. The summed E-state index contributed by atoms with van der Waals surface area (Å²) in [5, 5.41) is 9.54. The number of rotatable bonds is 3. The third-order valence-corrected chi connectivity index (χ3v) is 3.45. The van der Waals surface area contributed by atoms with Gasteiger partial charge in [-0.3, -0.25) is 0 Å². The highest BCUT2D eigenvalue weighted by Crippen LogP contribution is 2.40. The van der Waals surface area contributed by atoms with Crippen molar-refractivity contribution in [3.63, 3.8) is 0 Å². The van der Waals surface area contributed by atoms with Crippen LogP contribution in [0.25, 0.3) is 0 Å². The van der Waals surface area contributed by atoms with Crippen molar-refractivity contribution in [2.75, 3.05) is 0 Å². The summed E-state index contributed by atoms with van der Waals surface area (Å²) in [5.41, 5.74) is 3.21. The van der Waals surface area contributed by atoms with Crippen molar-refractivity contribution in [2.24, 2.45) is 5.41 Å². The molecule has 86 valence electrons. The zero-order valence-corrected chi connectivity index (χ0v) is 10.5.